The van der Waals surface area contributed by atoms with E-state index in [0.29, 0.717) is 6.04 Å². The van der Waals surface area contributed by atoms with E-state index in [1.807, 2.05) is 20.8 Å². The highest BCUT2D eigenvalue weighted by Gasteiger charge is 2.22. The molecule has 17 heavy (non-hydrogen) atoms. The molecule has 0 bridgehead atoms. The van der Waals surface area contributed by atoms with E-state index in [0.717, 1.165) is 25.8 Å². The first kappa shape index (κ1) is 14.9. The molecule has 0 spiro atoms. The predicted molar refractivity (Wildman–Crippen MR) is 71.6 cm³/mol. The van der Waals surface area contributed by atoms with Gasteiger partial charge in [-0.05, 0) is 52.5 Å². The molecule has 0 heterocycles. The van der Waals surface area contributed by atoms with Crippen molar-refractivity contribution in [3.05, 3.63) is 0 Å². The minimum Gasteiger partial charge on any atom is -0.314 e. The molecule has 4 nitrogen and oxygen atoms in total. The molecule has 0 aliphatic heterocycles. The van der Waals surface area contributed by atoms with Gasteiger partial charge < -0.3 is 5.32 Å². The molecule has 0 atom stereocenters. The normalized spacial score (nSPS) is 17.4. The van der Waals surface area contributed by atoms with Crippen molar-refractivity contribution in [3.63, 3.8) is 0 Å². The maximum atomic E-state index is 11.8. The van der Waals surface area contributed by atoms with Crippen LogP contribution in [0.4, 0.5) is 0 Å². The Morgan fingerprint density at radius 2 is 1.88 bits per heavy atom. The summed E-state index contributed by atoms with van der Waals surface area (Å²) in [4.78, 5) is 0. The summed E-state index contributed by atoms with van der Waals surface area (Å²) in [6.07, 6.45) is 5.03. The Morgan fingerprint density at radius 3 is 2.41 bits per heavy atom. The van der Waals surface area contributed by atoms with Crippen molar-refractivity contribution in [2.24, 2.45) is 0 Å². The van der Waals surface area contributed by atoms with Gasteiger partial charge in [-0.25, -0.2) is 13.1 Å². The molecule has 0 amide bonds. The van der Waals surface area contributed by atoms with Gasteiger partial charge in [0.1, 0.15) is 0 Å². The van der Waals surface area contributed by atoms with Crippen molar-refractivity contribution in [1.29, 1.82) is 0 Å². The van der Waals surface area contributed by atoms with Gasteiger partial charge in [-0.1, -0.05) is 6.92 Å². The van der Waals surface area contributed by atoms with Gasteiger partial charge in [0.15, 0.2) is 0 Å². The zero-order valence-corrected chi connectivity index (χ0v) is 12.1. The summed E-state index contributed by atoms with van der Waals surface area (Å²) in [5.41, 5.74) is -0.328. The lowest BCUT2D eigenvalue weighted by atomic mass is 10.0. The van der Waals surface area contributed by atoms with Gasteiger partial charge in [-0.3, -0.25) is 0 Å². The van der Waals surface area contributed by atoms with Crippen LogP contribution >= 0.6 is 0 Å². The molecule has 5 heteroatoms. The zero-order valence-electron chi connectivity index (χ0n) is 11.3. The van der Waals surface area contributed by atoms with E-state index < -0.39 is 10.0 Å². The highest BCUT2D eigenvalue weighted by atomic mass is 32.2. The average Bonchev–Trinajstić information content (AvgIpc) is 2.99. The van der Waals surface area contributed by atoms with Crippen LogP contribution in [-0.4, -0.2) is 32.3 Å². The summed E-state index contributed by atoms with van der Waals surface area (Å²) in [5.74, 6) is 0.239. The predicted octanol–water partition coefficient (Wildman–Crippen LogP) is 1.63. The number of nitrogens with one attached hydrogen (secondary N) is 2. The van der Waals surface area contributed by atoms with Gasteiger partial charge in [0.05, 0.1) is 5.75 Å². The second kappa shape index (κ2) is 6.16. The first-order valence-electron chi connectivity index (χ1n) is 6.60. The Morgan fingerprint density at radius 1 is 1.24 bits per heavy atom. The van der Waals surface area contributed by atoms with Crippen molar-refractivity contribution in [3.8, 4) is 0 Å². The highest BCUT2D eigenvalue weighted by molar-refractivity contribution is 7.89. The fourth-order valence-corrected chi connectivity index (χ4v) is 3.23. The van der Waals surface area contributed by atoms with E-state index in [-0.39, 0.29) is 11.3 Å². The molecule has 1 aliphatic carbocycles. The van der Waals surface area contributed by atoms with Crippen LogP contribution in [0.15, 0.2) is 0 Å². The standard InChI is InChI=1S/C12H26N2O2S/c1-4-12(2,3)14-17(15,16)10-6-5-9-13-11-7-8-11/h11,13-14H,4-10H2,1-3H3. The Hall–Kier alpha value is -0.130. The number of unbranched alkanes of at least 4 members (excludes halogenated alkanes) is 1. The molecule has 2 N–H and O–H groups in total. The maximum absolute atomic E-state index is 11.8. The molecule has 1 saturated carbocycles. The largest absolute Gasteiger partial charge is 0.314 e. The maximum Gasteiger partial charge on any atom is 0.212 e. The molecule has 0 radical (unpaired) electrons. The van der Waals surface area contributed by atoms with Gasteiger partial charge >= 0.3 is 0 Å². The summed E-state index contributed by atoms with van der Waals surface area (Å²) >= 11 is 0. The van der Waals surface area contributed by atoms with E-state index in [9.17, 15) is 8.42 Å². The zero-order chi connectivity index (χ0) is 12.9. The van der Waals surface area contributed by atoms with Crippen LogP contribution in [0.5, 0.6) is 0 Å². The fraction of sp³-hybridized carbons (Fsp3) is 1.00. The third kappa shape index (κ3) is 7.01. The minimum absolute atomic E-state index is 0.239. The van der Waals surface area contributed by atoms with Crippen LogP contribution in [0.25, 0.3) is 0 Å². The minimum atomic E-state index is -3.11. The first-order valence-corrected chi connectivity index (χ1v) is 8.25. The molecular weight excluding hydrogens is 236 g/mol. The third-order valence-electron chi connectivity index (χ3n) is 3.17. The summed E-state index contributed by atoms with van der Waals surface area (Å²) in [6, 6.07) is 0.712. The van der Waals surface area contributed by atoms with E-state index in [2.05, 4.69) is 10.0 Å². The van der Waals surface area contributed by atoms with E-state index in [4.69, 9.17) is 0 Å². The van der Waals surface area contributed by atoms with Crippen molar-refractivity contribution in [2.75, 3.05) is 12.3 Å². The van der Waals surface area contributed by atoms with Gasteiger partial charge in [0.2, 0.25) is 10.0 Å². The molecule has 0 aromatic heterocycles. The average molecular weight is 262 g/mol. The molecule has 1 rings (SSSR count). The van der Waals surface area contributed by atoms with Crippen molar-refractivity contribution in [2.45, 2.75) is 64.5 Å². The van der Waals surface area contributed by atoms with Gasteiger partial charge in [-0.15, -0.1) is 0 Å². The molecule has 0 aromatic carbocycles. The molecule has 0 saturated heterocycles. The molecule has 0 aromatic rings. The Kier molecular flexibility index (Phi) is 5.41. The lowest BCUT2D eigenvalue weighted by Crippen LogP contribution is -2.43. The summed E-state index contributed by atoms with van der Waals surface area (Å²) < 4.78 is 26.3. The van der Waals surface area contributed by atoms with Crippen LogP contribution in [0.3, 0.4) is 0 Å². The Labute approximate surface area is 106 Å². The van der Waals surface area contributed by atoms with Gasteiger partial charge in [0, 0.05) is 11.6 Å². The van der Waals surface area contributed by atoms with Gasteiger partial charge in [-0.2, -0.15) is 0 Å². The molecule has 1 aliphatic rings. The van der Waals surface area contributed by atoms with Crippen molar-refractivity contribution in [1.82, 2.24) is 10.0 Å². The second-order valence-electron chi connectivity index (χ2n) is 5.59. The number of hydrogen-bond donors (Lipinski definition) is 2. The topological polar surface area (TPSA) is 58.2 Å². The quantitative estimate of drug-likeness (QED) is 0.621. The van der Waals surface area contributed by atoms with E-state index in [1.54, 1.807) is 0 Å². The van der Waals surface area contributed by atoms with Crippen LogP contribution in [0, 0.1) is 0 Å². The van der Waals surface area contributed by atoms with Crippen molar-refractivity contribution >= 4 is 10.0 Å². The van der Waals surface area contributed by atoms with E-state index in [1.165, 1.54) is 12.8 Å². The first-order chi connectivity index (χ1) is 7.85. The molecule has 102 valence electrons. The van der Waals surface area contributed by atoms with Crippen molar-refractivity contribution < 1.29 is 8.42 Å². The second-order valence-corrected chi connectivity index (χ2v) is 7.44. The molecule has 1 fully saturated rings. The Bertz CT molecular complexity index is 321. The number of sulfonamides is 1. The van der Waals surface area contributed by atoms with Gasteiger partial charge in [0.25, 0.3) is 0 Å². The summed E-state index contributed by atoms with van der Waals surface area (Å²) in [6.45, 7) is 6.76. The third-order valence-corrected chi connectivity index (χ3v) is 4.86. The lowest BCUT2D eigenvalue weighted by molar-refractivity contribution is 0.438. The molecule has 0 unspecified atom stereocenters. The fourth-order valence-electron chi connectivity index (χ4n) is 1.55. The summed E-state index contributed by atoms with van der Waals surface area (Å²) in [5, 5.41) is 3.39. The van der Waals surface area contributed by atoms with E-state index >= 15 is 0 Å². The monoisotopic (exact) mass is 262 g/mol. The number of hydrogen-bond acceptors (Lipinski definition) is 3. The highest BCUT2D eigenvalue weighted by Crippen LogP contribution is 2.18. The lowest BCUT2D eigenvalue weighted by Gasteiger charge is -2.24. The van der Waals surface area contributed by atoms with Crippen LogP contribution in [0.1, 0.15) is 52.9 Å². The SMILES string of the molecule is CCC(C)(C)NS(=O)(=O)CCCCNC1CC1. The van der Waals surface area contributed by atoms with Crippen LogP contribution in [0.2, 0.25) is 0 Å². The number of rotatable bonds is 9. The Balaban J connectivity index is 2.14. The van der Waals surface area contributed by atoms with Crippen LogP contribution < -0.4 is 10.0 Å². The smallest absolute Gasteiger partial charge is 0.212 e. The van der Waals surface area contributed by atoms with Crippen LogP contribution in [-0.2, 0) is 10.0 Å². The molecular formula is C12H26N2O2S. The summed E-state index contributed by atoms with van der Waals surface area (Å²) in [7, 11) is -3.11.